The number of methoxy groups -OCH3 is 2. The van der Waals surface area contributed by atoms with Crippen LogP contribution in [0.25, 0.3) is 11.3 Å². The first kappa shape index (κ1) is 31.9. The molecule has 2 aromatic carbocycles. The van der Waals surface area contributed by atoms with Gasteiger partial charge in [0.2, 0.25) is 0 Å². The normalized spacial score (nSPS) is 12.9. The molecule has 0 aliphatic carbocycles. The fourth-order valence-corrected chi connectivity index (χ4v) is 5.38. The molecule has 3 aromatic rings. The Hall–Kier alpha value is -5.04. The van der Waals surface area contributed by atoms with Gasteiger partial charge in [0.25, 0.3) is 5.91 Å². The Kier molecular flexibility index (Phi) is 9.79. The predicted molar refractivity (Wildman–Crippen MR) is 165 cm³/mol. The smallest absolute Gasteiger partial charge is 0.356 e. The first-order valence-electron chi connectivity index (χ1n) is 14.2. The number of nitrogens with two attached hydrogens (primary N) is 2. The van der Waals surface area contributed by atoms with E-state index in [2.05, 4.69) is 15.5 Å². The van der Waals surface area contributed by atoms with Crippen LogP contribution in [0.2, 0.25) is 0 Å². The van der Waals surface area contributed by atoms with Gasteiger partial charge in [-0.25, -0.2) is 14.6 Å². The molecule has 2 heterocycles. The van der Waals surface area contributed by atoms with Crippen molar-refractivity contribution in [1.29, 1.82) is 0 Å². The Morgan fingerprint density at radius 3 is 2.36 bits per heavy atom. The number of hydrogen-bond acceptors (Lipinski definition) is 10. The number of hydrogen-bond donors (Lipinski definition) is 4. The summed E-state index contributed by atoms with van der Waals surface area (Å²) in [7, 11) is 2.72. The number of aromatic nitrogens is 2. The van der Waals surface area contributed by atoms with Crippen LogP contribution in [0.3, 0.4) is 0 Å². The van der Waals surface area contributed by atoms with Crippen LogP contribution in [-0.2, 0) is 33.8 Å². The maximum absolute atomic E-state index is 14.1. The Labute approximate surface area is 255 Å². The van der Waals surface area contributed by atoms with E-state index in [1.165, 1.54) is 4.57 Å². The number of hydrazine groups is 1. The largest absolute Gasteiger partial charge is 0.493 e. The van der Waals surface area contributed by atoms with Crippen LogP contribution in [0.5, 0.6) is 11.5 Å². The molecular weight excluding hydrogens is 566 g/mol. The van der Waals surface area contributed by atoms with E-state index in [4.69, 9.17) is 26.0 Å². The minimum absolute atomic E-state index is 0.00816. The van der Waals surface area contributed by atoms with E-state index in [1.54, 1.807) is 11.7 Å². The molecule has 4 rings (SSSR count). The first-order chi connectivity index (χ1) is 21.0. The molecule has 0 saturated carbocycles. The van der Waals surface area contributed by atoms with Gasteiger partial charge in [0.1, 0.15) is 16.9 Å². The number of rotatable bonds is 10. The van der Waals surface area contributed by atoms with Crippen LogP contribution in [0.1, 0.15) is 29.2 Å². The molecule has 0 bridgehead atoms. The van der Waals surface area contributed by atoms with Gasteiger partial charge in [0.05, 0.1) is 32.2 Å². The van der Waals surface area contributed by atoms with Gasteiger partial charge in [0.15, 0.2) is 11.5 Å². The molecule has 13 heteroatoms. The zero-order chi connectivity index (χ0) is 32.1. The van der Waals surface area contributed by atoms with E-state index >= 15 is 0 Å². The number of carbonyl (C=O) groups is 2. The van der Waals surface area contributed by atoms with E-state index in [-0.39, 0.29) is 24.5 Å². The highest BCUT2D eigenvalue weighted by atomic mass is 16.5. The van der Waals surface area contributed by atoms with Gasteiger partial charge in [-0.2, -0.15) is 0 Å². The standard InChI is InChI=1S/C31H39N7O6/c1-7-44-24-14-20-8-10-37-22(21(20)15-23(24)42-5)16-25(35-27-18(3)12-17(2)13-19(27)4)38(31(37)41)11-9-34-29(39)28(36-33)26(32)30(40)43-6/h12-16,36H,7-11,32-33H2,1-6H3,(H,34,39)/b28-26-,35-25+. The number of fused-ring (bicyclic) bond motifs is 3. The number of aryl methyl sites for hydroxylation is 4. The van der Waals surface area contributed by atoms with Crippen molar-refractivity contribution in [2.75, 3.05) is 27.4 Å². The van der Waals surface area contributed by atoms with Crippen LogP contribution in [0, 0.1) is 20.8 Å². The zero-order valence-electron chi connectivity index (χ0n) is 25.9. The fourth-order valence-electron chi connectivity index (χ4n) is 5.38. The number of benzene rings is 2. The lowest BCUT2D eigenvalue weighted by molar-refractivity contribution is -0.136. The highest BCUT2D eigenvalue weighted by molar-refractivity contribution is 6.01. The Morgan fingerprint density at radius 1 is 1.05 bits per heavy atom. The van der Waals surface area contributed by atoms with E-state index in [0.29, 0.717) is 42.3 Å². The molecule has 1 aliphatic heterocycles. The average molecular weight is 606 g/mol. The summed E-state index contributed by atoms with van der Waals surface area (Å²) in [6.45, 7) is 8.90. The lowest BCUT2D eigenvalue weighted by Gasteiger charge is -2.25. The second-order valence-electron chi connectivity index (χ2n) is 10.4. The third kappa shape index (κ3) is 6.32. The van der Waals surface area contributed by atoms with Crippen molar-refractivity contribution in [2.24, 2.45) is 16.6 Å². The summed E-state index contributed by atoms with van der Waals surface area (Å²) in [6.07, 6.45) is 0.610. The van der Waals surface area contributed by atoms with E-state index in [1.807, 2.05) is 58.0 Å². The van der Waals surface area contributed by atoms with E-state index in [9.17, 15) is 14.4 Å². The summed E-state index contributed by atoms with van der Waals surface area (Å²) in [5.74, 6) is 5.01. The predicted octanol–water partition coefficient (Wildman–Crippen LogP) is 1.36. The number of ether oxygens (including phenoxy) is 3. The number of esters is 1. The summed E-state index contributed by atoms with van der Waals surface area (Å²) in [5.41, 5.74) is 13.5. The molecule has 1 aliphatic rings. The van der Waals surface area contributed by atoms with E-state index < -0.39 is 17.6 Å². The summed E-state index contributed by atoms with van der Waals surface area (Å²) < 4.78 is 19.2. The topological polar surface area (TPSA) is 177 Å². The lowest BCUT2D eigenvalue weighted by atomic mass is 9.97. The first-order valence-corrected chi connectivity index (χ1v) is 14.2. The number of carbonyl (C=O) groups excluding carboxylic acids is 2. The van der Waals surface area contributed by atoms with Crippen molar-refractivity contribution in [3.63, 3.8) is 0 Å². The zero-order valence-corrected chi connectivity index (χ0v) is 25.9. The quantitative estimate of drug-likeness (QED) is 0.115. The monoisotopic (exact) mass is 605 g/mol. The third-order valence-corrected chi connectivity index (χ3v) is 7.39. The molecule has 0 unspecified atom stereocenters. The maximum Gasteiger partial charge on any atom is 0.356 e. The van der Waals surface area contributed by atoms with Gasteiger partial charge < -0.3 is 30.7 Å². The second-order valence-corrected chi connectivity index (χ2v) is 10.4. The third-order valence-electron chi connectivity index (χ3n) is 7.39. The van der Waals surface area contributed by atoms with Crippen molar-refractivity contribution in [3.8, 4) is 22.8 Å². The lowest BCUT2D eigenvalue weighted by Crippen LogP contribution is -2.45. The Bertz CT molecular complexity index is 1750. The summed E-state index contributed by atoms with van der Waals surface area (Å²) in [5, 5.41) is 2.65. The highest BCUT2D eigenvalue weighted by Crippen LogP contribution is 2.37. The van der Waals surface area contributed by atoms with Gasteiger partial charge in [-0.15, -0.1) is 0 Å². The van der Waals surface area contributed by atoms with Gasteiger partial charge in [-0.05, 0) is 62.9 Å². The summed E-state index contributed by atoms with van der Waals surface area (Å²) in [4.78, 5) is 43.6. The van der Waals surface area contributed by atoms with Gasteiger partial charge in [-0.3, -0.25) is 19.8 Å². The molecule has 13 nitrogen and oxygen atoms in total. The number of amides is 1. The number of nitrogens with one attached hydrogen (secondary N) is 2. The summed E-state index contributed by atoms with van der Waals surface area (Å²) >= 11 is 0. The summed E-state index contributed by atoms with van der Waals surface area (Å²) in [6, 6.07) is 9.81. The minimum Gasteiger partial charge on any atom is -0.493 e. The molecule has 1 aromatic heterocycles. The minimum atomic E-state index is -0.911. The molecule has 6 N–H and O–H groups in total. The van der Waals surface area contributed by atoms with Crippen LogP contribution in [0.15, 0.2) is 51.5 Å². The van der Waals surface area contributed by atoms with Gasteiger partial charge in [-0.1, -0.05) is 17.7 Å². The molecule has 0 fully saturated rings. The number of nitrogens with zero attached hydrogens (tertiary/aromatic N) is 3. The highest BCUT2D eigenvalue weighted by Gasteiger charge is 2.23. The average Bonchev–Trinajstić information content (AvgIpc) is 2.99. The SMILES string of the molecule is CCOc1cc2c(cc1OC)-c1c/c(=N\c3c(C)cc(C)cc3C)n(CCNC(=O)/C(NN)=C(/N)C(=O)OC)c(=O)n1CC2. The van der Waals surface area contributed by atoms with Gasteiger partial charge >= 0.3 is 11.7 Å². The van der Waals surface area contributed by atoms with Crippen molar-refractivity contribution in [2.45, 2.75) is 47.2 Å². The van der Waals surface area contributed by atoms with Crippen molar-refractivity contribution in [3.05, 3.63) is 80.0 Å². The molecule has 0 radical (unpaired) electrons. The van der Waals surface area contributed by atoms with Crippen molar-refractivity contribution >= 4 is 17.6 Å². The Balaban J connectivity index is 1.84. The Morgan fingerprint density at radius 2 is 1.75 bits per heavy atom. The van der Waals surface area contributed by atoms with Crippen LogP contribution in [-0.4, -0.2) is 48.4 Å². The fraction of sp³-hybridized carbons (Fsp3) is 0.355. The van der Waals surface area contributed by atoms with Crippen molar-refractivity contribution < 1.29 is 23.8 Å². The molecule has 0 saturated heterocycles. The van der Waals surface area contributed by atoms with Crippen LogP contribution in [0.4, 0.5) is 5.69 Å². The maximum atomic E-state index is 14.1. The molecule has 234 valence electrons. The van der Waals surface area contributed by atoms with Gasteiger partial charge in [0, 0.05) is 31.3 Å². The van der Waals surface area contributed by atoms with E-state index in [0.717, 1.165) is 40.6 Å². The molecular formula is C31H39N7O6. The molecule has 0 spiro atoms. The van der Waals surface area contributed by atoms with Crippen LogP contribution >= 0.6 is 0 Å². The second kappa shape index (κ2) is 13.5. The molecule has 1 amide bonds. The van der Waals surface area contributed by atoms with Crippen LogP contribution < -0.4 is 43.0 Å². The van der Waals surface area contributed by atoms with Crippen molar-refractivity contribution in [1.82, 2.24) is 19.9 Å². The molecule has 0 atom stereocenters. The molecule has 44 heavy (non-hydrogen) atoms.